The third-order valence-electron chi connectivity index (χ3n) is 2.56. The monoisotopic (exact) mass is 322 g/mol. The van der Waals surface area contributed by atoms with Crippen molar-refractivity contribution in [3.63, 3.8) is 0 Å². The SMILES string of the molecule is Cl.NCC[C@@H](N)c1cc(C(F)(F)F)ccc1C(F)(F)F. The van der Waals surface area contributed by atoms with Crippen molar-refractivity contribution in [3.05, 3.63) is 34.9 Å². The van der Waals surface area contributed by atoms with E-state index in [-0.39, 0.29) is 25.4 Å². The molecule has 1 aromatic rings. The van der Waals surface area contributed by atoms with Crippen LogP contribution in [0.3, 0.4) is 0 Å². The molecule has 116 valence electrons. The molecule has 0 aliphatic carbocycles. The number of rotatable bonds is 3. The summed E-state index contributed by atoms with van der Waals surface area (Å²) in [5.74, 6) is 0. The minimum atomic E-state index is -4.76. The third kappa shape index (κ3) is 4.53. The van der Waals surface area contributed by atoms with E-state index in [1.165, 1.54) is 0 Å². The summed E-state index contributed by atoms with van der Waals surface area (Å²) in [6.07, 6.45) is -9.52. The van der Waals surface area contributed by atoms with Crippen molar-refractivity contribution in [3.8, 4) is 0 Å². The topological polar surface area (TPSA) is 52.0 Å². The molecule has 0 saturated heterocycles. The Morgan fingerprint density at radius 2 is 1.55 bits per heavy atom. The van der Waals surface area contributed by atoms with Gasteiger partial charge in [-0.1, -0.05) is 0 Å². The Labute approximate surface area is 117 Å². The van der Waals surface area contributed by atoms with Crippen LogP contribution in [0.5, 0.6) is 0 Å². The van der Waals surface area contributed by atoms with Crippen molar-refractivity contribution < 1.29 is 26.3 Å². The maximum absolute atomic E-state index is 12.7. The highest BCUT2D eigenvalue weighted by atomic mass is 35.5. The first-order valence-corrected chi connectivity index (χ1v) is 5.31. The molecule has 0 aliphatic rings. The summed E-state index contributed by atoms with van der Waals surface area (Å²) in [5.41, 5.74) is 7.71. The van der Waals surface area contributed by atoms with Crippen molar-refractivity contribution in [2.24, 2.45) is 11.5 Å². The van der Waals surface area contributed by atoms with Gasteiger partial charge in [0.15, 0.2) is 0 Å². The maximum Gasteiger partial charge on any atom is 0.416 e. The van der Waals surface area contributed by atoms with Gasteiger partial charge < -0.3 is 11.5 Å². The summed E-state index contributed by atoms with van der Waals surface area (Å²) in [6.45, 7) is -0.0191. The fourth-order valence-electron chi connectivity index (χ4n) is 1.64. The van der Waals surface area contributed by atoms with Crippen LogP contribution in [0.4, 0.5) is 26.3 Å². The first-order valence-electron chi connectivity index (χ1n) is 5.31. The molecule has 4 N–H and O–H groups in total. The molecule has 20 heavy (non-hydrogen) atoms. The molecular weight excluding hydrogens is 310 g/mol. The third-order valence-corrected chi connectivity index (χ3v) is 2.56. The van der Waals surface area contributed by atoms with Gasteiger partial charge in [0.25, 0.3) is 0 Å². The maximum atomic E-state index is 12.7. The van der Waals surface area contributed by atoms with E-state index in [9.17, 15) is 26.3 Å². The summed E-state index contributed by atoms with van der Waals surface area (Å²) in [7, 11) is 0. The van der Waals surface area contributed by atoms with Crippen LogP contribution in [-0.2, 0) is 12.4 Å². The number of halogens is 7. The minimum Gasteiger partial charge on any atom is -0.330 e. The van der Waals surface area contributed by atoms with Crippen LogP contribution in [0.2, 0.25) is 0 Å². The van der Waals surface area contributed by atoms with Crippen LogP contribution in [0, 0.1) is 0 Å². The van der Waals surface area contributed by atoms with Gasteiger partial charge in [0.1, 0.15) is 0 Å². The highest BCUT2D eigenvalue weighted by Crippen LogP contribution is 2.38. The molecule has 1 aromatic carbocycles. The van der Waals surface area contributed by atoms with Crippen molar-refractivity contribution >= 4 is 12.4 Å². The Balaban J connectivity index is 0.00000361. The molecule has 1 rings (SSSR count). The van der Waals surface area contributed by atoms with E-state index in [0.717, 1.165) is 0 Å². The Morgan fingerprint density at radius 1 is 1.00 bits per heavy atom. The van der Waals surface area contributed by atoms with Gasteiger partial charge in [0.2, 0.25) is 0 Å². The molecular formula is C11H13ClF6N2. The zero-order chi connectivity index (χ0) is 14.8. The molecule has 0 saturated carbocycles. The summed E-state index contributed by atoms with van der Waals surface area (Å²) >= 11 is 0. The molecule has 2 nitrogen and oxygen atoms in total. The summed E-state index contributed by atoms with van der Waals surface area (Å²) in [5, 5.41) is 0. The number of hydrogen-bond acceptors (Lipinski definition) is 2. The van der Waals surface area contributed by atoms with Crippen molar-refractivity contribution in [1.82, 2.24) is 0 Å². The summed E-state index contributed by atoms with van der Waals surface area (Å²) in [6, 6.07) is 0.0306. The molecule has 0 bridgehead atoms. The molecule has 0 heterocycles. The highest BCUT2D eigenvalue weighted by Gasteiger charge is 2.37. The molecule has 0 aromatic heterocycles. The molecule has 0 unspecified atom stereocenters. The van der Waals surface area contributed by atoms with E-state index in [1.54, 1.807) is 0 Å². The van der Waals surface area contributed by atoms with Gasteiger partial charge in [-0.3, -0.25) is 0 Å². The molecule has 0 fully saturated rings. The van der Waals surface area contributed by atoms with Crippen molar-refractivity contribution in [2.45, 2.75) is 24.8 Å². The lowest BCUT2D eigenvalue weighted by molar-refractivity contribution is -0.142. The van der Waals surface area contributed by atoms with Gasteiger partial charge in [-0.25, -0.2) is 0 Å². The average Bonchev–Trinajstić information content (AvgIpc) is 2.26. The molecule has 9 heteroatoms. The van der Waals surface area contributed by atoms with E-state index < -0.39 is 35.1 Å². The van der Waals surface area contributed by atoms with E-state index >= 15 is 0 Å². The molecule has 0 amide bonds. The van der Waals surface area contributed by atoms with Crippen LogP contribution in [0.25, 0.3) is 0 Å². The fourth-order valence-corrected chi connectivity index (χ4v) is 1.64. The van der Waals surface area contributed by atoms with E-state index in [2.05, 4.69) is 0 Å². The Hall–Kier alpha value is -0.990. The van der Waals surface area contributed by atoms with Crippen LogP contribution in [0.1, 0.15) is 29.2 Å². The molecule has 0 spiro atoms. The van der Waals surface area contributed by atoms with Crippen LogP contribution in [0.15, 0.2) is 18.2 Å². The van der Waals surface area contributed by atoms with Gasteiger partial charge in [-0.15, -0.1) is 12.4 Å². The van der Waals surface area contributed by atoms with Crippen LogP contribution < -0.4 is 11.5 Å². The predicted octanol–water partition coefficient (Wildman–Crippen LogP) is 3.49. The molecule has 0 radical (unpaired) electrons. The molecule has 0 aliphatic heterocycles. The average molecular weight is 323 g/mol. The zero-order valence-corrected chi connectivity index (χ0v) is 10.9. The van der Waals surface area contributed by atoms with Crippen LogP contribution in [-0.4, -0.2) is 6.54 Å². The summed E-state index contributed by atoms with van der Waals surface area (Å²) < 4.78 is 75.6. The lowest BCUT2D eigenvalue weighted by atomic mass is 9.95. The predicted molar refractivity (Wildman–Crippen MR) is 64.3 cm³/mol. The number of alkyl halides is 6. The first kappa shape index (κ1) is 19.0. The smallest absolute Gasteiger partial charge is 0.330 e. The van der Waals surface area contributed by atoms with Crippen LogP contribution >= 0.6 is 12.4 Å². The first-order chi connectivity index (χ1) is 8.57. The standard InChI is InChI=1S/C11H12F6N2.ClH/c12-10(13,14)6-1-2-8(11(15,16)17)7(5-6)9(19)3-4-18;/h1-2,5,9H,3-4,18-19H2;1H/t9-;/m1./s1. The summed E-state index contributed by atoms with van der Waals surface area (Å²) in [4.78, 5) is 0. The largest absolute Gasteiger partial charge is 0.416 e. The second-order valence-electron chi connectivity index (χ2n) is 3.98. The van der Waals surface area contributed by atoms with Crippen molar-refractivity contribution in [2.75, 3.05) is 6.54 Å². The number of hydrogen-bond donors (Lipinski definition) is 2. The van der Waals surface area contributed by atoms with Crippen molar-refractivity contribution in [1.29, 1.82) is 0 Å². The van der Waals surface area contributed by atoms with E-state index in [0.29, 0.717) is 18.2 Å². The lowest BCUT2D eigenvalue weighted by Gasteiger charge is -2.19. The quantitative estimate of drug-likeness (QED) is 0.837. The Morgan fingerprint density at radius 3 is 1.95 bits per heavy atom. The Kier molecular flexibility index (Phi) is 6.31. The Bertz CT molecular complexity index is 444. The molecule has 1 atom stereocenters. The second kappa shape index (κ2) is 6.64. The minimum absolute atomic E-state index is 0. The van der Waals surface area contributed by atoms with Gasteiger partial charge >= 0.3 is 12.4 Å². The van der Waals surface area contributed by atoms with Gasteiger partial charge in [0.05, 0.1) is 11.1 Å². The number of benzene rings is 1. The van der Waals surface area contributed by atoms with E-state index in [4.69, 9.17) is 11.5 Å². The number of nitrogens with two attached hydrogens (primary N) is 2. The van der Waals surface area contributed by atoms with Gasteiger partial charge in [-0.2, -0.15) is 26.3 Å². The lowest BCUT2D eigenvalue weighted by Crippen LogP contribution is -2.21. The normalized spacial score (nSPS) is 13.8. The second-order valence-corrected chi connectivity index (χ2v) is 3.98. The fraction of sp³-hybridized carbons (Fsp3) is 0.455. The highest BCUT2D eigenvalue weighted by molar-refractivity contribution is 5.85. The zero-order valence-electron chi connectivity index (χ0n) is 10.1. The van der Waals surface area contributed by atoms with E-state index in [1.807, 2.05) is 0 Å². The van der Waals surface area contributed by atoms with Gasteiger partial charge in [0, 0.05) is 6.04 Å². The van der Waals surface area contributed by atoms with Gasteiger partial charge in [-0.05, 0) is 36.7 Å².